The van der Waals surface area contributed by atoms with Crippen LogP contribution in [0.1, 0.15) is 39.7 Å². The molecule has 4 nitrogen and oxygen atoms in total. The normalized spacial score (nSPS) is 15.2. The number of methoxy groups -OCH3 is 1. The van der Waals surface area contributed by atoms with Gasteiger partial charge in [0.2, 0.25) is 0 Å². The molecule has 1 aromatic rings. The van der Waals surface area contributed by atoms with Gasteiger partial charge in [-0.25, -0.2) is 0 Å². The van der Waals surface area contributed by atoms with Gasteiger partial charge in [0.15, 0.2) is 0 Å². The Bertz CT molecular complexity index is 384. The van der Waals surface area contributed by atoms with Crippen molar-refractivity contribution in [2.75, 3.05) is 13.7 Å². The van der Waals surface area contributed by atoms with Crippen molar-refractivity contribution in [2.45, 2.75) is 45.3 Å². The van der Waals surface area contributed by atoms with Crippen LogP contribution >= 0.6 is 0 Å². The summed E-state index contributed by atoms with van der Waals surface area (Å²) in [7, 11) is 1.59. The summed E-state index contributed by atoms with van der Waals surface area (Å²) in [5.41, 5.74) is -0.0692. The van der Waals surface area contributed by atoms with Crippen LogP contribution < -0.4 is 10.1 Å². The van der Waals surface area contributed by atoms with Gasteiger partial charge in [0.1, 0.15) is 5.75 Å². The number of nitrogens with zero attached hydrogens (tertiary/aromatic N) is 1. The fraction of sp³-hybridized carbons (Fsp3) is 0.643. The first-order chi connectivity index (χ1) is 8.24. The molecular formula is C14H24N2O2. The van der Waals surface area contributed by atoms with Crippen molar-refractivity contribution in [3.8, 4) is 5.75 Å². The molecule has 4 heteroatoms. The van der Waals surface area contributed by atoms with Crippen LogP contribution in [0.5, 0.6) is 5.75 Å². The molecule has 0 amide bonds. The molecule has 0 spiro atoms. The molecule has 0 fully saturated rings. The summed E-state index contributed by atoms with van der Waals surface area (Å²) in [6, 6.07) is 1.82. The quantitative estimate of drug-likeness (QED) is 0.842. The highest BCUT2D eigenvalue weighted by molar-refractivity contribution is 5.27. The number of aliphatic hydroxyl groups is 1. The molecule has 0 saturated heterocycles. The summed E-state index contributed by atoms with van der Waals surface area (Å²) >= 11 is 0. The molecule has 0 radical (unpaired) electrons. The minimum atomic E-state index is -0.903. The molecule has 1 atom stereocenters. The van der Waals surface area contributed by atoms with Crippen molar-refractivity contribution >= 4 is 0 Å². The van der Waals surface area contributed by atoms with Gasteiger partial charge in [-0.2, -0.15) is 0 Å². The lowest BCUT2D eigenvalue weighted by Gasteiger charge is -2.27. The molecular weight excluding hydrogens is 228 g/mol. The van der Waals surface area contributed by atoms with E-state index in [-0.39, 0.29) is 5.54 Å². The average Bonchev–Trinajstić information content (AvgIpc) is 2.27. The first-order valence-corrected chi connectivity index (χ1v) is 6.21. The Balaban J connectivity index is 2.67. The Hall–Kier alpha value is -1.13. The topological polar surface area (TPSA) is 54.4 Å². The Labute approximate surface area is 109 Å². The van der Waals surface area contributed by atoms with Crippen LogP contribution in [0.25, 0.3) is 0 Å². The summed E-state index contributed by atoms with van der Waals surface area (Å²) in [6.45, 7) is 8.86. The Morgan fingerprint density at radius 2 is 1.94 bits per heavy atom. The maximum Gasteiger partial charge on any atom is 0.137 e. The lowest BCUT2D eigenvalue weighted by molar-refractivity contribution is 0.0458. The van der Waals surface area contributed by atoms with Gasteiger partial charge in [-0.05, 0) is 46.7 Å². The molecule has 2 N–H and O–H groups in total. The molecule has 0 bridgehead atoms. The number of ether oxygens (including phenoxy) is 1. The number of rotatable bonds is 5. The average molecular weight is 252 g/mol. The van der Waals surface area contributed by atoms with Crippen molar-refractivity contribution < 1.29 is 9.84 Å². The summed E-state index contributed by atoms with van der Waals surface area (Å²) in [5, 5.41) is 13.8. The number of aromatic nitrogens is 1. The van der Waals surface area contributed by atoms with Crippen molar-refractivity contribution in [3.05, 3.63) is 24.0 Å². The van der Waals surface area contributed by atoms with Crippen molar-refractivity contribution in [2.24, 2.45) is 0 Å². The lowest BCUT2D eigenvalue weighted by atomic mass is 9.93. The maximum absolute atomic E-state index is 10.5. The third-order valence-corrected chi connectivity index (χ3v) is 2.84. The zero-order valence-corrected chi connectivity index (χ0v) is 11.9. The number of nitrogens with one attached hydrogen (secondary N) is 1. The van der Waals surface area contributed by atoms with Crippen LogP contribution in [0, 0.1) is 0 Å². The van der Waals surface area contributed by atoms with Gasteiger partial charge in [-0.3, -0.25) is 4.98 Å². The minimum Gasteiger partial charge on any atom is -0.495 e. The molecule has 0 aliphatic heterocycles. The van der Waals surface area contributed by atoms with Gasteiger partial charge < -0.3 is 15.2 Å². The molecule has 1 heterocycles. The zero-order chi connectivity index (χ0) is 13.8. The van der Waals surface area contributed by atoms with Crippen molar-refractivity contribution in [1.82, 2.24) is 10.3 Å². The second kappa shape index (κ2) is 5.67. The molecule has 0 aliphatic rings. The molecule has 1 aromatic heterocycles. The van der Waals surface area contributed by atoms with E-state index < -0.39 is 5.60 Å². The van der Waals surface area contributed by atoms with Crippen LogP contribution in [0.4, 0.5) is 0 Å². The SMILES string of the molecule is COc1cncc(C(C)(O)CCNC(C)(C)C)c1. The second-order valence-corrected chi connectivity index (χ2v) is 5.81. The molecule has 1 unspecified atom stereocenters. The number of hydrogen-bond acceptors (Lipinski definition) is 4. The Morgan fingerprint density at radius 3 is 2.50 bits per heavy atom. The van der Waals surface area contributed by atoms with Crippen LogP contribution in [0.15, 0.2) is 18.5 Å². The van der Waals surface area contributed by atoms with Crippen LogP contribution in [0.2, 0.25) is 0 Å². The molecule has 1 rings (SSSR count). The highest BCUT2D eigenvalue weighted by atomic mass is 16.5. The van der Waals surface area contributed by atoms with E-state index in [1.807, 2.05) is 6.07 Å². The highest BCUT2D eigenvalue weighted by Gasteiger charge is 2.24. The van der Waals surface area contributed by atoms with Crippen LogP contribution in [-0.4, -0.2) is 29.3 Å². The predicted octanol–water partition coefficient (Wildman–Crippen LogP) is 2.08. The highest BCUT2D eigenvalue weighted by Crippen LogP contribution is 2.26. The monoisotopic (exact) mass is 252 g/mol. The predicted molar refractivity (Wildman–Crippen MR) is 72.7 cm³/mol. The number of pyridine rings is 1. The first kappa shape index (κ1) is 14.9. The Morgan fingerprint density at radius 1 is 1.28 bits per heavy atom. The van der Waals surface area contributed by atoms with Crippen molar-refractivity contribution in [1.29, 1.82) is 0 Å². The van der Waals surface area contributed by atoms with Crippen LogP contribution in [0.3, 0.4) is 0 Å². The van der Waals surface area contributed by atoms with Gasteiger partial charge >= 0.3 is 0 Å². The van der Waals surface area contributed by atoms with Crippen LogP contribution in [-0.2, 0) is 5.60 Å². The van der Waals surface area contributed by atoms with E-state index in [0.717, 1.165) is 12.1 Å². The molecule has 0 saturated carbocycles. The van der Waals surface area contributed by atoms with E-state index in [9.17, 15) is 5.11 Å². The van der Waals surface area contributed by atoms with Gasteiger partial charge in [0.05, 0.1) is 18.9 Å². The summed E-state index contributed by atoms with van der Waals surface area (Å²) in [5.74, 6) is 0.663. The minimum absolute atomic E-state index is 0.0582. The smallest absolute Gasteiger partial charge is 0.137 e. The fourth-order valence-corrected chi connectivity index (χ4v) is 1.65. The van der Waals surface area contributed by atoms with Gasteiger partial charge in [-0.1, -0.05) is 0 Å². The summed E-state index contributed by atoms with van der Waals surface area (Å²) in [6.07, 6.45) is 3.94. The molecule has 0 aliphatic carbocycles. The molecule has 18 heavy (non-hydrogen) atoms. The van der Waals surface area contributed by atoms with E-state index in [0.29, 0.717) is 12.2 Å². The lowest BCUT2D eigenvalue weighted by Crippen LogP contribution is -2.39. The maximum atomic E-state index is 10.5. The molecule has 102 valence electrons. The van der Waals surface area contributed by atoms with Gasteiger partial charge in [0.25, 0.3) is 0 Å². The van der Waals surface area contributed by atoms with E-state index >= 15 is 0 Å². The summed E-state index contributed by atoms with van der Waals surface area (Å²) < 4.78 is 5.12. The Kier molecular flexibility index (Phi) is 4.71. The summed E-state index contributed by atoms with van der Waals surface area (Å²) in [4.78, 5) is 4.07. The third-order valence-electron chi connectivity index (χ3n) is 2.84. The molecule has 0 aromatic carbocycles. The zero-order valence-electron chi connectivity index (χ0n) is 11.9. The van der Waals surface area contributed by atoms with E-state index in [2.05, 4.69) is 31.1 Å². The van der Waals surface area contributed by atoms with Gasteiger partial charge in [-0.15, -0.1) is 0 Å². The van der Waals surface area contributed by atoms with E-state index in [1.54, 1.807) is 26.4 Å². The van der Waals surface area contributed by atoms with E-state index in [1.165, 1.54) is 0 Å². The third kappa shape index (κ3) is 4.63. The van der Waals surface area contributed by atoms with Gasteiger partial charge in [0, 0.05) is 17.3 Å². The fourth-order valence-electron chi connectivity index (χ4n) is 1.65. The largest absolute Gasteiger partial charge is 0.495 e. The first-order valence-electron chi connectivity index (χ1n) is 6.21. The van der Waals surface area contributed by atoms with E-state index in [4.69, 9.17) is 4.74 Å². The number of hydrogen-bond donors (Lipinski definition) is 2. The second-order valence-electron chi connectivity index (χ2n) is 5.81. The van der Waals surface area contributed by atoms with Crippen molar-refractivity contribution in [3.63, 3.8) is 0 Å². The standard InChI is InChI=1S/C14H24N2O2/c1-13(2,3)16-7-6-14(4,17)11-8-12(18-5)10-15-9-11/h8-10,16-17H,6-7H2,1-5H3.